The topological polar surface area (TPSA) is 49.5 Å². The summed E-state index contributed by atoms with van der Waals surface area (Å²) in [4.78, 5) is 2.46. The number of likely N-dealkylation sites (tertiary alicyclic amines) is 1. The standard InChI is InChI=1S/C17H28N2O/c1-16(13-18,15-7-4-3-5-8-15)14-19-11-6-9-17(2,20)10-12-19/h3-5,7-8,20H,6,9-14,18H2,1-2H3. The summed E-state index contributed by atoms with van der Waals surface area (Å²) in [6.07, 6.45) is 2.80. The molecule has 1 fully saturated rings. The Hall–Kier alpha value is -0.900. The molecule has 0 saturated carbocycles. The summed E-state index contributed by atoms with van der Waals surface area (Å²) in [6, 6.07) is 10.5. The number of rotatable bonds is 4. The van der Waals surface area contributed by atoms with E-state index < -0.39 is 5.60 Å². The lowest BCUT2D eigenvalue weighted by molar-refractivity contribution is 0.0440. The molecule has 0 spiro atoms. The van der Waals surface area contributed by atoms with Crippen LogP contribution in [0.25, 0.3) is 0 Å². The average molecular weight is 276 g/mol. The van der Waals surface area contributed by atoms with Gasteiger partial charge in [-0.2, -0.15) is 0 Å². The molecule has 2 rings (SSSR count). The van der Waals surface area contributed by atoms with E-state index in [0.29, 0.717) is 6.54 Å². The maximum atomic E-state index is 10.2. The molecule has 1 aliphatic rings. The second-order valence-corrected chi connectivity index (χ2v) is 6.76. The Morgan fingerprint density at radius 2 is 1.95 bits per heavy atom. The van der Waals surface area contributed by atoms with E-state index >= 15 is 0 Å². The van der Waals surface area contributed by atoms with E-state index in [9.17, 15) is 5.11 Å². The van der Waals surface area contributed by atoms with Crippen LogP contribution >= 0.6 is 0 Å². The monoisotopic (exact) mass is 276 g/mol. The fraction of sp³-hybridized carbons (Fsp3) is 0.647. The number of nitrogens with two attached hydrogens (primary N) is 1. The second-order valence-electron chi connectivity index (χ2n) is 6.76. The molecule has 3 N–H and O–H groups in total. The largest absolute Gasteiger partial charge is 0.390 e. The summed E-state index contributed by atoms with van der Waals surface area (Å²) in [6.45, 7) is 7.81. The fourth-order valence-electron chi connectivity index (χ4n) is 3.09. The molecule has 1 saturated heterocycles. The Morgan fingerprint density at radius 3 is 2.60 bits per heavy atom. The highest BCUT2D eigenvalue weighted by molar-refractivity contribution is 5.25. The molecule has 3 heteroatoms. The van der Waals surface area contributed by atoms with Gasteiger partial charge in [0.05, 0.1) is 5.60 Å². The average Bonchev–Trinajstić information content (AvgIpc) is 2.61. The number of hydrogen-bond donors (Lipinski definition) is 2. The van der Waals surface area contributed by atoms with Crippen LogP contribution in [0.1, 0.15) is 38.7 Å². The first-order valence-corrected chi connectivity index (χ1v) is 7.66. The van der Waals surface area contributed by atoms with Crippen LogP contribution in [0.3, 0.4) is 0 Å². The minimum Gasteiger partial charge on any atom is -0.390 e. The van der Waals surface area contributed by atoms with E-state index in [4.69, 9.17) is 5.73 Å². The van der Waals surface area contributed by atoms with Crippen molar-refractivity contribution in [2.45, 2.75) is 44.1 Å². The summed E-state index contributed by atoms with van der Waals surface area (Å²) >= 11 is 0. The Bertz CT molecular complexity index is 418. The minimum atomic E-state index is -0.499. The number of hydrogen-bond acceptors (Lipinski definition) is 3. The third-order valence-corrected chi connectivity index (χ3v) is 4.65. The number of nitrogens with zero attached hydrogens (tertiary/aromatic N) is 1. The lowest BCUT2D eigenvalue weighted by Gasteiger charge is -2.35. The molecule has 1 aliphatic heterocycles. The van der Waals surface area contributed by atoms with Crippen LogP contribution in [0.2, 0.25) is 0 Å². The van der Waals surface area contributed by atoms with Gasteiger partial charge in [-0.25, -0.2) is 0 Å². The Labute approximate surface area is 122 Å². The third kappa shape index (κ3) is 3.81. The third-order valence-electron chi connectivity index (χ3n) is 4.65. The molecule has 0 aliphatic carbocycles. The van der Waals surface area contributed by atoms with Gasteiger partial charge >= 0.3 is 0 Å². The highest BCUT2D eigenvalue weighted by Gasteiger charge is 2.31. The number of benzene rings is 1. The van der Waals surface area contributed by atoms with E-state index in [1.54, 1.807) is 0 Å². The van der Waals surface area contributed by atoms with Gasteiger partial charge in [-0.05, 0) is 38.3 Å². The van der Waals surface area contributed by atoms with E-state index in [1.165, 1.54) is 5.56 Å². The van der Waals surface area contributed by atoms with E-state index in [0.717, 1.165) is 38.9 Å². The molecule has 112 valence electrons. The summed E-state index contributed by atoms with van der Waals surface area (Å²) in [5.74, 6) is 0. The SMILES string of the molecule is CC1(O)CCCN(CC(C)(CN)c2ccccc2)CC1. The van der Waals surface area contributed by atoms with Gasteiger partial charge in [0.15, 0.2) is 0 Å². The molecular formula is C17H28N2O. The molecule has 2 unspecified atom stereocenters. The molecular weight excluding hydrogens is 248 g/mol. The van der Waals surface area contributed by atoms with Gasteiger partial charge in [0, 0.05) is 25.0 Å². The van der Waals surface area contributed by atoms with Gasteiger partial charge in [0.2, 0.25) is 0 Å². The number of aliphatic hydroxyl groups is 1. The van der Waals surface area contributed by atoms with Crippen molar-refractivity contribution in [2.24, 2.45) is 5.73 Å². The van der Waals surface area contributed by atoms with Crippen LogP contribution in [-0.2, 0) is 5.41 Å². The zero-order chi connectivity index (χ0) is 14.6. The molecule has 0 bridgehead atoms. The van der Waals surface area contributed by atoms with Gasteiger partial charge in [-0.3, -0.25) is 0 Å². The lowest BCUT2D eigenvalue weighted by atomic mass is 9.82. The maximum absolute atomic E-state index is 10.2. The quantitative estimate of drug-likeness (QED) is 0.886. The normalized spacial score (nSPS) is 27.8. The van der Waals surface area contributed by atoms with Crippen molar-refractivity contribution >= 4 is 0 Å². The van der Waals surface area contributed by atoms with Crippen LogP contribution in [-0.4, -0.2) is 41.8 Å². The lowest BCUT2D eigenvalue weighted by Crippen LogP contribution is -2.44. The van der Waals surface area contributed by atoms with Crippen LogP contribution < -0.4 is 5.73 Å². The van der Waals surface area contributed by atoms with Crippen molar-refractivity contribution in [2.75, 3.05) is 26.2 Å². The summed E-state index contributed by atoms with van der Waals surface area (Å²) in [5, 5.41) is 10.2. The Kier molecular flexibility index (Phi) is 4.84. The minimum absolute atomic E-state index is 0.0164. The van der Waals surface area contributed by atoms with Crippen LogP contribution in [0.15, 0.2) is 30.3 Å². The highest BCUT2D eigenvalue weighted by atomic mass is 16.3. The van der Waals surface area contributed by atoms with Crippen molar-refractivity contribution in [1.82, 2.24) is 4.90 Å². The van der Waals surface area contributed by atoms with Crippen LogP contribution in [0.5, 0.6) is 0 Å². The smallest absolute Gasteiger partial charge is 0.0632 e. The first-order chi connectivity index (χ1) is 9.45. The zero-order valence-electron chi connectivity index (χ0n) is 12.8. The second kappa shape index (κ2) is 6.25. The summed E-state index contributed by atoms with van der Waals surface area (Å²) in [5.41, 5.74) is 6.86. The summed E-state index contributed by atoms with van der Waals surface area (Å²) < 4.78 is 0. The molecule has 0 radical (unpaired) electrons. The predicted molar refractivity (Wildman–Crippen MR) is 83.8 cm³/mol. The zero-order valence-corrected chi connectivity index (χ0v) is 12.8. The fourth-order valence-corrected chi connectivity index (χ4v) is 3.09. The first-order valence-electron chi connectivity index (χ1n) is 7.66. The molecule has 0 aromatic heterocycles. The predicted octanol–water partition coefficient (Wildman–Crippen LogP) is 2.14. The highest BCUT2D eigenvalue weighted by Crippen LogP contribution is 2.27. The molecule has 20 heavy (non-hydrogen) atoms. The Balaban J connectivity index is 2.06. The van der Waals surface area contributed by atoms with Crippen LogP contribution in [0.4, 0.5) is 0 Å². The van der Waals surface area contributed by atoms with Crippen molar-refractivity contribution in [1.29, 1.82) is 0 Å². The molecule has 2 atom stereocenters. The molecule has 1 aromatic rings. The van der Waals surface area contributed by atoms with Crippen molar-refractivity contribution < 1.29 is 5.11 Å². The molecule has 1 heterocycles. The van der Waals surface area contributed by atoms with Crippen LogP contribution in [0, 0.1) is 0 Å². The molecule has 3 nitrogen and oxygen atoms in total. The Morgan fingerprint density at radius 1 is 1.25 bits per heavy atom. The van der Waals surface area contributed by atoms with E-state index in [2.05, 4.69) is 36.1 Å². The summed E-state index contributed by atoms with van der Waals surface area (Å²) in [7, 11) is 0. The van der Waals surface area contributed by atoms with Gasteiger partial charge in [-0.1, -0.05) is 37.3 Å². The van der Waals surface area contributed by atoms with Gasteiger partial charge < -0.3 is 15.7 Å². The van der Waals surface area contributed by atoms with Gasteiger partial charge in [0.25, 0.3) is 0 Å². The maximum Gasteiger partial charge on any atom is 0.0632 e. The van der Waals surface area contributed by atoms with Gasteiger partial charge in [-0.15, -0.1) is 0 Å². The van der Waals surface area contributed by atoms with Crippen molar-refractivity contribution in [3.63, 3.8) is 0 Å². The van der Waals surface area contributed by atoms with E-state index in [1.807, 2.05) is 13.0 Å². The van der Waals surface area contributed by atoms with Gasteiger partial charge in [0.1, 0.15) is 0 Å². The molecule has 1 aromatic carbocycles. The van der Waals surface area contributed by atoms with Crippen molar-refractivity contribution in [3.8, 4) is 0 Å². The first kappa shape index (κ1) is 15.5. The van der Waals surface area contributed by atoms with E-state index in [-0.39, 0.29) is 5.41 Å². The molecule has 0 amide bonds. The van der Waals surface area contributed by atoms with Crippen molar-refractivity contribution in [3.05, 3.63) is 35.9 Å².